The molecule has 0 saturated carbocycles. The molecule has 0 aliphatic carbocycles. The van der Waals surface area contributed by atoms with Crippen molar-refractivity contribution in [3.8, 4) is 0 Å². The summed E-state index contributed by atoms with van der Waals surface area (Å²) in [6.45, 7) is 0. The van der Waals surface area contributed by atoms with E-state index in [9.17, 15) is 14.9 Å². The Kier molecular flexibility index (Phi) is 1.91. The molecule has 0 radical (unpaired) electrons. The molecule has 2 rings (SSSR count). The Bertz CT molecular complexity index is 403. The van der Waals surface area contributed by atoms with Crippen LogP contribution in [0, 0.1) is 13.7 Å². The van der Waals surface area contributed by atoms with Gasteiger partial charge in [-0.05, 0) is 0 Å². The molecule has 1 aromatic carbocycles. The van der Waals surface area contributed by atoms with Gasteiger partial charge in [-0.2, -0.15) is 0 Å². The molecule has 1 heterocycles. The van der Waals surface area contributed by atoms with Crippen LogP contribution in [0.5, 0.6) is 0 Å². The van der Waals surface area contributed by atoms with Crippen molar-refractivity contribution >= 4 is 11.7 Å². The summed E-state index contributed by atoms with van der Waals surface area (Å²) in [5.74, 6) is -0.438. The third-order valence-electron chi connectivity index (χ3n) is 1.57. The average molecular weight is 292 g/mol. The number of non-ortho nitro benzene ring substituents is 1. The first-order valence-electron chi connectivity index (χ1n) is 3.33. The molecule has 13 heavy (non-hydrogen) atoms. The van der Waals surface area contributed by atoms with Crippen LogP contribution in [0.2, 0.25) is 0 Å². The molecule has 0 unspecified atom stereocenters. The van der Waals surface area contributed by atoms with E-state index in [-0.39, 0.29) is 5.69 Å². The fourth-order valence-electron chi connectivity index (χ4n) is 0.969. The Morgan fingerprint density at radius 3 is 2.92 bits per heavy atom. The number of carbonyl (C=O) groups is 1. The molecule has 0 aromatic heterocycles. The van der Waals surface area contributed by atoms with E-state index in [2.05, 4.69) is 0 Å². The predicted molar refractivity (Wildman–Crippen MR) is 37.2 cm³/mol. The number of fused-ring (bicyclic) bond motifs is 1. The third-order valence-corrected chi connectivity index (χ3v) is 3.61. The molecule has 0 atom stereocenters. The van der Waals surface area contributed by atoms with Crippen LogP contribution in [0.25, 0.3) is 0 Å². The summed E-state index contributed by atoms with van der Waals surface area (Å²) in [4.78, 5) is 20.9. The Labute approximate surface area is 83.7 Å². The Balaban J connectivity index is 2.54. The zero-order valence-corrected chi connectivity index (χ0v) is 8.35. The van der Waals surface area contributed by atoms with E-state index in [0.717, 1.165) is 3.57 Å². The van der Waals surface area contributed by atoms with Crippen LogP contribution < -0.4 is 21.6 Å². The molecular weight excluding hydrogens is 289 g/mol. The molecule has 0 spiro atoms. The summed E-state index contributed by atoms with van der Waals surface area (Å²) in [5, 5.41) is 10.4. The molecule has 0 fully saturated rings. The first-order valence-corrected chi connectivity index (χ1v) is 5.29. The van der Waals surface area contributed by atoms with Crippen molar-refractivity contribution in [1.82, 2.24) is 0 Å². The SMILES string of the molecule is O=C1O[I-]c2ccc([N+](=O)[O-])cc21. The molecule has 0 N–H and O–H groups in total. The number of carbonyl (C=O) groups excluding carboxylic acids is 1. The number of hydrogen-bond donors (Lipinski definition) is 0. The number of benzene rings is 1. The molecule has 1 aliphatic rings. The van der Waals surface area contributed by atoms with E-state index in [0.29, 0.717) is 5.56 Å². The van der Waals surface area contributed by atoms with Gasteiger partial charge in [-0.1, -0.05) is 0 Å². The Morgan fingerprint density at radius 2 is 2.23 bits per heavy atom. The van der Waals surface area contributed by atoms with Gasteiger partial charge in [0.15, 0.2) is 0 Å². The van der Waals surface area contributed by atoms with Crippen molar-refractivity contribution in [2.24, 2.45) is 0 Å². The van der Waals surface area contributed by atoms with Crippen molar-refractivity contribution in [2.45, 2.75) is 0 Å². The Hall–Kier alpha value is -1.18. The van der Waals surface area contributed by atoms with Gasteiger partial charge in [0.05, 0.1) is 0 Å². The summed E-state index contributed by atoms with van der Waals surface area (Å²) >= 11 is -0.723. The number of halogens is 1. The number of nitrogens with zero attached hydrogens (tertiary/aromatic N) is 1. The van der Waals surface area contributed by atoms with Crippen LogP contribution in [-0.2, 0) is 3.07 Å². The molecule has 0 bridgehead atoms. The van der Waals surface area contributed by atoms with E-state index in [4.69, 9.17) is 3.07 Å². The van der Waals surface area contributed by atoms with Crippen LogP contribution in [0.1, 0.15) is 10.4 Å². The maximum absolute atomic E-state index is 11.0. The van der Waals surface area contributed by atoms with Crippen molar-refractivity contribution < 1.29 is 34.4 Å². The molecule has 6 heteroatoms. The number of rotatable bonds is 1. The average Bonchev–Trinajstić information content (AvgIpc) is 2.47. The second-order valence-electron chi connectivity index (χ2n) is 2.36. The summed E-state index contributed by atoms with van der Waals surface area (Å²) in [7, 11) is 0. The summed E-state index contributed by atoms with van der Waals surface area (Å²) in [5.41, 5.74) is 0.281. The van der Waals surface area contributed by atoms with Crippen molar-refractivity contribution in [3.05, 3.63) is 37.4 Å². The standard InChI is InChI=1S/C7H3INO4/c10-7-5-3-4(9(11)12)1-2-6(5)8-13-7/h1-3H/q-1. The van der Waals surface area contributed by atoms with Gasteiger partial charge in [-0.3, -0.25) is 0 Å². The van der Waals surface area contributed by atoms with E-state index in [1.165, 1.54) is 12.1 Å². The molecule has 1 aliphatic heterocycles. The van der Waals surface area contributed by atoms with Crippen molar-refractivity contribution in [1.29, 1.82) is 0 Å². The van der Waals surface area contributed by atoms with Gasteiger partial charge < -0.3 is 0 Å². The zero-order chi connectivity index (χ0) is 9.42. The van der Waals surface area contributed by atoms with E-state index >= 15 is 0 Å². The third kappa shape index (κ3) is 1.37. The summed E-state index contributed by atoms with van der Waals surface area (Å²) < 4.78 is 5.62. The maximum atomic E-state index is 11.0. The Morgan fingerprint density at radius 1 is 1.46 bits per heavy atom. The molecule has 5 nitrogen and oxygen atoms in total. The second-order valence-corrected chi connectivity index (χ2v) is 4.41. The van der Waals surface area contributed by atoms with Gasteiger partial charge in [0.2, 0.25) is 0 Å². The van der Waals surface area contributed by atoms with Gasteiger partial charge in [-0.25, -0.2) is 0 Å². The van der Waals surface area contributed by atoms with E-state index in [1.54, 1.807) is 6.07 Å². The quantitative estimate of drug-likeness (QED) is 0.339. The van der Waals surface area contributed by atoms with Gasteiger partial charge in [0.25, 0.3) is 0 Å². The van der Waals surface area contributed by atoms with Gasteiger partial charge in [0.1, 0.15) is 0 Å². The number of nitro benzene ring substituents is 1. The molecule has 0 saturated heterocycles. The van der Waals surface area contributed by atoms with Gasteiger partial charge in [0, 0.05) is 0 Å². The van der Waals surface area contributed by atoms with Crippen LogP contribution in [0.15, 0.2) is 18.2 Å². The van der Waals surface area contributed by atoms with Crippen molar-refractivity contribution in [2.75, 3.05) is 0 Å². The second kappa shape index (κ2) is 2.95. The minimum absolute atomic E-state index is 0.0680. The number of nitro groups is 1. The van der Waals surface area contributed by atoms with Crippen LogP contribution in [-0.4, -0.2) is 10.9 Å². The van der Waals surface area contributed by atoms with Crippen LogP contribution in [0.4, 0.5) is 5.69 Å². The topological polar surface area (TPSA) is 69.4 Å². The van der Waals surface area contributed by atoms with E-state index < -0.39 is 32.5 Å². The minimum atomic E-state index is -0.723. The fraction of sp³-hybridized carbons (Fsp3) is 0. The molecule has 0 amide bonds. The first kappa shape index (κ1) is 8.42. The zero-order valence-electron chi connectivity index (χ0n) is 6.19. The van der Waals surface area contributed by atoms with Crippen LogP contribution >= 0.6 is 0 Å². The van der Waals surface area contributed by atoms with Crippen LogP contribution in [0.3, 0.4) is 0 Å². The monoisotopic (exact) mass is 292 g/mol. The fourth-order valence-corrected chi connectivity index (χ4v) is 2.58. The predicted octanol–water partition coefficient (Wildman–Crippen LogP) is -2.06. The molecule has 1 aromatic rings. The van der Waals surface area contributed by atoms with E-state index in [1.807, 2.05) is 0 Å². The van der Waals surface area contributed by atoms with Gasteiger partial charge in [-0.15, -0.1) is 0 Å². The number of hydrogen-bond acceptors (Lipinski definition) is 4. The summed E-state index contributed by atoms with van der Waals surface area (Å²) in [6, 6.07) is 4.25. The first-order chi connectivity index (χ1) is 6.18. The van der Waals surface area contributed by atoms with Crippen molar-refractivity contribution in [3.63, 3.8) is 0 Å². The molecule has 68 valence electrons. The van der Waals surface area contributed by atoms with Gasteiger partial charge >= 0.3 is 83.5 Å². The molecular formula is C7H3INO4-. The normalized spacial score (nSPS) is 14.3. The summed E-state index contributed by atoms with van der Waals surface area (Å²) in [6.07, 6.45) is 0.